The summed E-state index contributed by atoms with van der Waals surface area (Å²) in [6, 6.07) is -1.47. The van der Waals surface area contributed by atoms with E-state index in [-0.39, 0.29) is 13.0 Å². The van der Waals surface area contributed by atoms with Gasteiger partial charge in [-0.05, 0) is 38.5 Å². The Kier molecular flexibility index (Phi) is 39.0. The number of esters is 1. The van der Waals surface area contributed by atoms with Crippen molar-refractivity contribution in [1.82, 2.24) is 0 Å². The average molecular weight is 790 g/mol. The van der Waals surface area contributed by atoms with Crippen LogP contribution in [0.1, 0.15) is 213 Å². The molecule has 0 spiro atoms. The summed E-state index contributed by atoms with van der Waals surface area (Å²) in [5.41, 5.74) is 5.35. The van der Waals surface area contributed by atoms with E-state index in [1.54, 1.807) is 0 Å². The summed E-state index contributed by atoms with van der Waals surface area (Å²) in [5.74, 6) is -1.77. The number of unbranched alkanes of at least 4 members (excludes halogenated alkanes) is 27. The van der Waals surface area contributed by atoms with Crippen LogP contribution in [0, 0.1) is 0 Å². The van der Waals surface area contributed by atoms with Crippen molar-refractivity contribution in [2.75, 3.05) is 26.4 Å². The molecular formula is C43H84NO9P. The van der Waals surface area contributed by atoms with Crippen molar-refractivity contribution in [3.05, 3.63) is 12.2 Å². The summed E-state index contributed by atoms with van der Waals surface area (Å²) in [6.07, 6.45) is 41.1. The normalized spacial score (nSPS) is 14.0. The number of rotatable bonds is 43. The number of ether oxygens (including phenoxy) is 2. The van der Waals surface area contributed by atoms with Crippen LogP contribution in [0.25, 0.3) is 0 Å². The maximum Gasteiger partial charge on any atom is 0.472 e. The number of hydrogen-bond acceptors (Lipinski definition) is 8. The zero-order valence-corrected chi connectivity index (χ0v) is 35.7. The number of aliphatic carboxylic acids is 1. The minimum absolute atomic E-state index is 0.0183. The Bertz CT molecular complexity index is 919. The first-order chi connectivity index (χ1) is 26.2. The third-order valence-corrected chi connectivity index (χ3v) is 10.7. The standard InChI is InChI=1S/C43H84NO9P/c1-3-5-7-9-11-13-15-17-19-21-23-25-27-29-31-33-35-42(45)53-40(38-51-54(48,49)52-39-41(44)43(46)47)37-50-36-34-32-30-28-26-24-22-20-18-16-14-12-10-8-6-4-2/h18,20,40-41H,3-17,19,21-39,44H2,1-2H3,(H,46,47)(H,48,49)/b20-18-. The van der Waals surface area contributed by atoms with Crippen molar-refractivity contribution in [1.29, 1.82) is 0 Å². The lowest BCUT2D eigenvalue weighted by Crippen LogP contribution is -2.34. The summed E-state index contributed by atoms with van der Waals surface area (Å²) in [5, 5.41) is 8.89. The van der Waals surface area contributed by atoms with Crippen LogP contribution >= 0.6 is 7.82 Å². The number of phosphoric acid groups is 1. The number of allylic oxidation sites excluding steroid dienone is 2. The molecule has 0 aromatic heterocycles. The second-order valence-corrected chi connectivity index (χ2v) is 16.6. The van der Waals surface area contributed by atoms with Gasteiger partial charge in [0.1, 0.15) is 12.1 Å². The van der Waals surface area contributed by atoms with Crippen LogP contribution < -0.4 is 5.73 Å². The molecule has 0 rings (SSSR count). The Hall–Kier alpha value is -1.29. The summed E-state index contributed by atoms with van der Waals surface area (Å²) >= 11 is 0. The fraction of sp³-hybridized carbons (Fsp3) is 0.907. The third kappa shape index (κ3) is 39.0. The van der Waals surface area contributed by atoms with E-state index in [4.69, 9.17) is 29.4 Å². The first-order valence-electron chi connectivity index (χ1n) is 22.2. The summed E-state index contributed by atoms with van der Waals surface area (Å²) in [6.45, 7) is 3.89. The van der Waals surface area contributed by atoms with Gasteiger partial charge in [0.05, 0.1) is 19.8 Å². The molecule has 0 radical (unpaired) electrons. The monoisotopic (exact) mass is 790 g/mol. The van der Waals surface area contributed by atoms with E-state index >= 15 is 0 Å². The molecule has 0 aromatic rings. The van der Waals surface area contributed by atoms with Crippen molar-refractivity contribution in [3.8, 4) is 0 Å². The Morgan fingerprint density at radius 2 is 0.963 bits per heavy atom. The van der Waals surface area contributed by atoms with Crippen molar-refractivity contribution >= 4 is 19.8 Å². The van der Waals surface area contributed by atoms with E-state index < -0.39 is 45.1 Å². The maximum atomic E-state index is 12.6. The number of carboxylic acids is 1. The van der Waals surface area contributed by atoms with Gasteiger partial charge in [0.25, 0.3) is 0 Å². The third-order valence-electron chi connectivity index (χ3n) is 9.79. The summed E-state index contributed by atoms with van der Waals surface area (Å²) in [4.78, 5) is 33.5. The minimum Gasteiger partial charge on any atom is -0.480 e. The van der Waals surface area contributed by atoms with Crippen molar-refractivity contribution < 1.29 is 42.7 Å². The lowest BCUT2D eigenvalue weighted by Gasteiger charge is -2.20. The Labute approximate surface area is 331 Å². The number of carbonyl (C=O) groups excluding carboxylic acids is 1. The van der Waals surface area contributed by atoms with Crippen molar-refractivity contribution in [2.45, 2.75) is 225 Å². The zero-order valence-electron chi connectivity index (χ0n) is 34.8. The van der Waals surface area contributed by atoms with E-state index in [2.05, 4.69) is 26.0 Å². The first kappa shape index (κ1) is 52.7. The Morgan fingerprint density at radius 1 is 0.574 bits per heavy atom. The highest BCUT2D eigenvalue weighted by Crippen LogP contribution is 2.43. The molecule has 0 aliphatic heterocycles. The SMILES string of the molecule is CCCCCCCC/C=C\CCCCCCCCOCC(COP(=O)(O)OCC(N)C(=O)O)OC(=O)CCCCCCCCCCCCCCCCCC. The highest BCUT2D eigenvalue weighted by molar-refractivity contribution is 7.47. The van der Waals surface area contributed by atoms with E-state index in [9.17, 15) is 19.0 Å². The van der Waals surface area contributed by atoms with Gasteiger partial charge in [0.2, 0.25) is 0 Å². The zero-order chi connectivity index (χ0) is 39.8. The van der Waals surface area contributed by atoms with Gasteiger partial charge >= 0.3 is 19.8 Å². The molecule has 0 fully saturated rings. The molecule has 54 heavy (non-hydrogen) atoms. The molecule has 0 aromatic carbocycles. The van der Waals surface area contributed by atoms with Gasteiger partial charge in [0.15, 0.2) is 0 Å². The molecule has 0 heterocycles. The first-order valence-corrected chi connectivity index (χ1v) is 23.7. The number of nitrogens with two attached hydrogens (primary N) is 1. The fourth-order valence-corrected chi connectivity index (χ4v) is 7.08. The lowest BCUT2D eigenvalue weighted by molar-refractivity contribution is -0.154. The van der Waals surface area contributed by atoms with Gasteiger partial charge in [0, 0.05) is 13.0 Å². The topological polar surface area (TPSA) is 155 Å². The van der Waals surface area contributed by atoms with Gasteiger partial charge in [-0.1, -0.05) is 180 Å². The summed E-state index contributed by atoms with van der Waals surface area (Å²) < 4.78 is 33.4. The average Bonchev–Trinajstić information content (AvgIpc) is 3.15. The number of hydrogen-bond donors (Lipinski definition) is 3. The Balaban J connectivity index is 4.21. The van der Waals surface area contributed by atoms with E-state index in [1.807, 2.05) is 0 Å². The van der Waals surface area contributed by atoms with E-state index in [0.717, 1.165) is 44.9 Å². The molecule has 0 aliphatic carbocycles. The van der Waals surface area contributed by atoms with Gasteiger partial charge in [-0.2, -0.15) is 0 Å². The smallest absolute Gasteiger partial charge is 0.472 e. The molecular weight excluding hydrogens is 705 g/mol. The van der Waals surface area contributed by atoms with Crippen LogP contribution in [0.3, 0.4) is 0 Å². The molecule has 320 valence electrons. The quantitative estimate of drug-likeness (QED) is 0.0235. The minimum atomic E-state index is -4.61. The maximum absolute atomic E-state index is 12.6. The molecule has 4 N–H and O–H groups in total. The van der Waals surface area contributed by atoms with Gasteiger partial charge < -0.3 is 25.2 Å². The fourth-order valence-electron chi connectivity index (χ4n) is 6.31. The molecule has 0 saturated heterocycles. The molecule has 0 saturated carbocycles. The number of phosphoric ester groups is 1. The lowest BCUT2D eigenvalue weighted by atomic mass is 10.0. The van der Waals surface area contributed by atoms with Crippen LogP contribution in [0.5, 0.6) is 0 Å². The van der Waals surface area contributed by atoms with Crippen molar-refractivity contribution in [3.63, 3.8) is 0 Å². The molecule has 0 amide bonds. The Morgan fingerprint density at radius 3 is 1.41 bits per heavy atom. The van der Waals surface area contributed by atoms with Crippen LogP contribution in [-0.4, -0.2) is 60.5 Å². The highest BCUT2D eigenvalue weighted by atomic mass is 31.2. The van der Waals surface area contributed by atoms with Gasteiger partial charge in [-0.25, -0.2) is 4.57 Å². The van der Waals surface area contributed by atoms with Crippen LogP contribution in [0.15, 0.2) is 12.2 Å². The molecule has 11 heteroatoms. The van der Waals surface area contributed by atoms with Crippen LogP contribution in [0.2, 0.25) is 0 Å². The number of carboxylic acid groups (broad SMARTS) is 1. The van der Waals surface area contributed by atoms with Gasteiger partial charge in [-0.15, -0.1) is 0 Å². The van der Waals surface area contributed by atoms with Crippen LogP contribution in [-0.2, 0) is 32.7 Å². The molecule has 0 aliphatic rings. The second kappa shape index (κ2) is 39.9. The van der Waals surface area contributed by atoms with E-state index in [1.165, 1.54) is 148 Å². The van der Waals surface area contributed by atoms with Gasteiger partial charge in [-0.3, -0.25) is 18.6 Å². The molecule has 0 bridgehead atoms. The molecule has 10 nitrogen and oxygen atoms in total. The summed E-state index contributed by atoms with van der Waals surface area (Å²) in [7, 11) is -4.61. The van der Waals surface area contributed by atoms with E-state index in [0.29, 0.717) is 6.61 Å². The highest BCUT2D eigenvalue weighted by Gasteiger charge is 2.27. The molecule has 3 atom stereocenters. The predicted molar refractivity (Wildman–Crippen MR) is 222 cm³/mol. The van der Waals surface area contributed by atoms with Crippen LogP contribution in [0.4, 0.5) is 0 Å². The molecule has 3 unspecified atom stereocenters. The predicted octanol–water partition coefficient (Wildman–Crippen LogP) is 12.1. The largest absolute Gasteiger partial charge is 0.480 e. The number of carbonyl (C=O) groups is 2. The van der Waals surface area contributed by atoms with Crippen molar-refractivity contribution in [2.24, 2.45) is 5.73 Å². The second-order valence-electron chi connectivity index (χ2n) is 15.2.